The van der Waals surface area contributed by atoms with Crippen LogP contribution in [0, 0.1) is 18.3 Å². The predicted molar refractivity (Wildman–Crippen MR) is 65.9 cm³/mol. The molecule has 1 atom stereocenters. The monoisotopic (exact) mass is 270 g/mol. The van der Waals surface area contributed by atoms with Gasteiger partial charge in [-0.05, 0) is 19.1 Å². The first-order valence-corrected chi connectivity index (χ1v) is 5.63. The highest BCUT2D eigenvalue weighted by molar-refractivity contribution is 5.81. The number of hydrogen-bond acceptors (Lipinski definition) is 2. The Morgan fingerprint density at radius 3 is 2.63 bits per heavy atom. The first-order chi connectivity index (χ1) is 8.80. The van der Waals surface area contributed by atoms with Crippen LogP contribution in [0.5, 0.6) is 0 Å². The van der Waals surface area contributed by atoms with Gasteiger partial charge in [0.2, 0.25) is 0 Å². The van der Waals surface area contributed by atoms with Crippen molar-refractivity contribution in [3.8, 4) is 0 Å². The summed E-state index contributed by atoms with van der Waals surface area (Å²) < 4.78 is 40.0. The average molecular weight is 270 g/mol. The lowest BCUT2D eigenvalue weighted by Crippen LogP contribution is -2.38. The fourth-order valence-electron chi connectivity index (χ4n) is 1.99. The third-order valence-corrected chi connectivity index (χ3v) is 2.98. The van der Waals surface area contributed by atoms with Crippen LogP contribution in [0.25, 0.3) is 11.0 Å². The topological polar surface area (TPSA) is 67.7 Å². The van der Waals surface area contributed by atoms with Crippen molar-refractivity contribution >= 4 is 16.9 Å². The third kappa shape index (κ3) is 2.54. The molecule has 0 aliphatic heterocycles. The van der Waals surface area contributed by atoms with Crippen LogP contribution in [0.3, 0.4) is 0 Å². The molecule has 0 spiro atoms. The minimum atomic E-state index is -4.54. The standard InChI is InChI=1S/C12H13F3N4/c1-7-18-9-4-2-3-5-10(9)19(7)6-8(11(16)17)12(13,14)15/h2-5,8H,6H2,1H3,(H3,16,17). The second kappa shape index (κ2) is 4.56. The molecule has 3 N–H and O–H groups in total. The van der Waals surface area contributed by atoms with Crippen LogP contribution in [0.2, 0.25) is 0 Å². The van der Waals surface area contributed by atoms with Crippen molar-refractivity contribution in [2.75, 3.05) is 0 Å². The maximum absolute atomic E-state index is 12.8. The van der Waals surface area contributed by atoms with Crippen LogP contribution in [0.1, 0.15) is 5.82 Å². The summed E-state index contributed by atoms with van der Waals surface area (Å²) >= 11 is 0. The number of amidine groups is 1. The summed E-state index contributed by atoms with van der Waals surface area (Å²) in [5.41, 5.74) is 6.30. The number of aromatic nitrogens is 2. The molecule has 1 aromatic heterocycles. The zero-order valence-corrected chi connectivity index (χ0v) is 10.2. The number of benzene rings is 1. The fourth-order valence-corrected chi connectivity index (χ4v) is 1.99. The molecule has 1 aromatic carbocycles. The van der Waals surface area contributed by atoms with Crippen LogP contribution in [0.4, 0.5) is 13.2 Å². The highest BCUT2D eigenvalue weighted by Crippen LogP contribution is 2.29. The Kier molecular flexibility index (Phi) is 3.21. The number of imidazole rings is 1. The highest BCUT2D eigenvalue weighted by Gasteiger charge is 2.42. The van der Waals surface area contributed by atoms with Crippen molar-refractivity contribution in [2.45, 2.75) is 19.6 Å². The number of halogens is 3. The molecule has 0 saturated heterocycles. The van der Waals surface area contributed by atoms with Gasteiger partial charge in [-0.25, -0.2) is 4.98 Å². The Balaban J connectivity index is 2.45. The molecular weight excluding hydrogens is 257 g/mol. The van der Waals surface area contributed by atoms with Gasteiger partial charge in [-0.15, -0.1) is 0 Å². The average Bonchev–Trinajstić information content (AvgIpc) is 2.59. The summed E-state index contributed by atoms with van der Waals surface area (Å²) in [5, 5.41) is 7.11. The van der Waals surface area contributed by atoms with Gasteiger partial charge in [-0.3, -0.25) is 5.41 Å². The molecule has 0 aliphatic carbocycles. The molecule has 0 fully saturated rings. The molecule has 1 unspecified atom stereocenters. The lowest BCUT2D eigenvalue weighted by molar-refractivity contribution is -0.158. The van der Waals surface area contributed by atoms with Crippen molar-refractivity contribution in [1.29, 1.82) is 5.41 Å². The Morgan fingerprint density at radius 2 is 2.05 bits per heavy atom. The third-order valence-electron chi connectivity index (χ3n) is 2.98. The number of nitrogens with one attached hydrogen (secondary N) is 1. The van der Waals surface area contributed by atoms with Crippen molar-refractivity contribution < 1.29 is 13.2 Å². The van der Waals surface area contributed by atoms with Gasteiger partial charge in [-0.1, -0.05) is 12.1 Å². The summed E-state index contributed by atoms with van der Waals surface area (Å²) in [6, 6.07) is 6.93. The molecule has 7 heteroatoms. The van der Waals surface area contributed by atoms with E-state index in [1.807, 2.05) is 0 Å². The molecule has 0 saturated carbocycles. The van der Waals surface area contributed by atoms with Gasteiger partial charge in [-0.2, -0.15) is 13.2 Å². The van der Waals surface area contributed by atoms with Crippen LogP contribution in [-0.2, 0) is 6.54 Å². The molecule has 1 heterocycles. The van der Waals surface area contributed by atoms with Crippen molar-refractivity contribution in [2.24, 2.45) is 11.7 Å². The molecule has 0 aliphatic rings. The van der Waals surface area contributed by atoms with Crippen LogP contribution in [-0.4, -0.2) is 21.6 Å². The predicted octanol–water partition coefficient (Wildman–Crippen LogP) is 2.46. The number of rotatable bonds is 3. The zero-order valence-electron chi connectivity index (χ0n) is 10.2. The van der Waals surface area contributed by atoms with E-state index in [2.05, 4.69) is 4.98 Å². The van der Waals surface area contributed by atoms with Gasteiger partial charge in [0.05, 0.1) is 11.0 Å². The summed E-state index contributed by atoms with van der Waals surface area (Å²) in [6.45, 7) is 1.21. The SMILES string of the molecule is Cc1nc2ccccc2n1CC(C(=N)N)C(F)(F)F. The number of aryl methyl sites for hydroxylation is 1. The number of hydrogen-bond donors (Lipinski definition) is 2. The van der Waals surface area contributed by atoms with Crippen LogP contribution in [0.15, 0.2) is 24.3 Å². The first kappa shape index (κ1) is 13.4. The minimum absolute atomic E-state index is 0.425. The van der Waals surface area contributed by atoms with Gasteiger partial charge < -0.3 is 10.3 Å². The van der Waals surface area contributed by atoms with Gasteiger partial charge in [0.1, 0.15) is 17.6 Å². The number of nitrogens with zero attached hydrogens (tertiary/aromatic N) is 2. The van der Waals surface area contributed by atoms with E-state index in [0.29, 0.717) is 16.9 Å². The number of alkyl halides is 3. The van der Waals surface area contributed by atoms with Crippen LogP contribution < -0.4 is 5.73 Å². The van der Waals surface area contributed by atoms with E-state index in [1.165, 1.54) is 4.57 Å². The normalized spacial score (nSPS) is 13.7. The zero-order chi connectivity index (χ0) is 14.2. The van der Waals surface area contributed by atoms with E-state index in [9.17, 15) is 13.2 Å². The second-order valence-corrected chi connectivity index (χ2v) is 4.31. The van der Waals surface area contributed by atoms with E-state index < -0.39 is 24.5 Å². The smallest absolute Gasteiger partial charge is 0.387 e. The van der Waals surface area contributed by atoms with E-state index in [1.54, 1.807) is 31.2 Å². The molecule has 0 bridgehead atoms. The largest absolute Gasteiger partial charge is 0.400 e. The summed E-state index contributed by atoms with van der Waals surface area (Å²) in [4.78, 5) is 4.19. The van der Waals surface area contributed by atoms with Crippen LogP contribution >= 0.6 is 0 Å². The second-order valence-electron chi connectivity index (χ2n) is 4.31. The maximum Gasteiger partial charge on any atom is 0.400 e. The molecule has 0 amide bonds. The number of para-hydroxylation sites is 2. The van der Waals surface area contributed by atoms with Gasteiger partial charge in [0.25, 0.3) is 0 Å². The van der Waals surface area contributed by atoms with Crippen molar-refractivity contribution in [1.82, 2.24) is 9.55 Å². The Morgan fingerprint density at radius 1 is 1.42 bits per heavy atom. The van der Waals surface area contributed by atoms with Gasteiger partial charge in [0, 0.05) is 6.54 Å². The lowest BCUT2D eigenvalue weighted by Gasteiger charge is -2.20. The highest BCUT2D eigenvalue weighted by atomic mass is 19.4. The van der Waals surface area contributed by atoms with E-state index in [-0.39, 0.29) is 0 Å². The van der Waals surface area contributed by atoms with E-state index >= 15 is 0 Å². The van der Waals surface area contributed by atoms with E-state index in [0.717, 1.165) is 0 Å². The Bertz CT molecular complexity index is 615. The minimum Gasteiger partial charge on any atom is -0.387 e. The quantitative estimate of drug-likeness (QED) is 0.664. The molecule has 2 rings (SSSR count). The molecule has 102 valence electrons. The Hall–Kier alpha value is -2.05. The van der Waals surface area contributed by atoms with Gasteiger partial charge in [0.15, 0.2) is 0 Å². The van der Waals surface area contributed by atoms with Gasteiger partial charge >= 0.3 is 6.18 Å². The number of nitrogens with two attached hydrogens (primary N) is 1. The molecule has 19 heavy (non-hydrogen) atoms. The van der Waals surface area contributed by atoms with E-state index in [4.69, 9.17) is 11.1 Å². The maximum atomic E-state index is 12.8. The first-order valence-electron chi connectivity index (χ1n) is 5.63. The molecule has 2 aromatic rings. The van der Waals surface area contributed by atoms with Crippen molar-refractivity contribution in [3.05, 3.63) is 30.1 Å². The van der Waals surface area contributed by atoms with Crippen molar-refractivity contribution in [3.63, 3.8) is 0 Å². The number of fused-ring (bicyclic) bond motifs is 1. The molecule has 4 nitrogen and oxygen atoms in total. The fraction of sp³-hybridized carbons (Fsp3) is 0.333. The Labute approximate surface area is 107 Å². The lowest BCUT2D eigenvalue weighted by atomic mass is 10.1. The molecular formula is C12H13F3N4. The molecule has 0 radical (unpaired) electrons. The summed E-state index contributed by atoms with van der Waals surface area (Å²) in [6.07, 6.45) is -4.54. The summed E-state index contributed by atoms with van der Waals surface area (Å²) in [5.74, 6) is -2.41. The summed E-state index contributed by atoms with van der Waals surface area (Å²) in [7, 11) is 0.